The van der Waals surface area contributed by atoms with Crippen LogP contribution in [0.25, 0.3) is 11.0 Å². The number of hydrogen-bond acceptors (Lipinski definition) is 5. The molecule has 0 aliphatic carbocycles. The Morgan fingerprint density at radius 2 is 2.16 bits per heavy atom. The number of rotatable bonds is 3. The van der Waals surface area contributed by atoms with Gasteiger partial charge in [-0.1, -0.05) is 0 Å². The van der Waals surface area contributed by atoms with Gasteiger partial charge in [0.2, 0.25) is 0 Å². The van der Waals surface area contributed by atoms with E-state index in [9.17, 15) is 9.59 Å². The monoisotopic (exact) mass is 279 g/mol. The summed E-state index contributed by atoms with van der Waals surface area (Å²) in [6, 6.07) is 7.81. The molecular formula is C13H13NO4S. The van der Waals surface area contributed by atoms with E-state index in [0.29, 0.717) is 22.6 Å². The van der Waals surface area contributed by atoms with Crippen LogP contribution in [0.2, 0.25) is 0 Å². The summed E-state index contributed by atoms with van der Waals surface area (Å²) in [6.45, 7) is 0. The fraction of sp³-hybridized carbons (Fsp3) is 0.231. The van der Waals surface area contributed by atoms with Crippen molar-refractivity contribution in [2.24, 2.45) is 0 Å². The molecular weight excluding hydrogens is 266 g/mol. The molecule has 5 nitrogen and oxygen atoms in total. The Morgan fingerprint density at radius 3 is 2.89 bits per heavy atom. The molecule has 1 heterocycles. The van der Waals surface area contributed by atoms with Crippen LogP contribution in [0.15, 0.2) is 39.5 Å². The predicted octanol–water partition coefficient (Wildman–Crippen LogP) is 2.54. The molecule has 0 aliphatic heterocycles. The molecule has 0 atom stereocenters. The van der Waals surface area contributed by atoms with Gasteiger partial charge in [-0.3, -0.25) is 0 Å². The van der Waals surface area contributed by atoms with Crippen LogP contribution in [0.1, 0.15) is 0 Å². The quantitative estimate of drug-likeness (QED) is 0.638. The number of nitrogens with zero attached hydrogens (tertiary/aromatic N) is 1. The van der Waals surface area contributed by atoms with Crippen molar-refractivity contribution >= 4 is 28.8 Å². The lowest BCUT2D eigenvalue weighted by Crippen LogP contribution is -2.29. The lowest BCUT2D eigenvalue weighted by molar-refractivity contribution is 0.170. The van der Waals surface area contributed by atoms with E-state index < -0.39 is 11.7 Å². The highest BCUT2D eigenvalue weighted by molar-refractivity contribution is 7.98. The number of fused-ring (bicyclic) bond motifs is 1. The second-order valence-electron chi connectivity index (χ2n) is 3.94. The largest absolute Gasteiger partial charge is 0.423 e. The van der Waals surface area contributed by atoms with Gasteiger partial charge in [-0.05, 0) is 30.5 Å². The molecule has 0 spiro atoms. The van der Waals surface area contributed by atoms with Gasteiger partial charge in [-0.2, -0.15) is 0 Å². The predicted molar refractivity (Wildman–Crippen MR) is 74.7 cm³/mol. The SMILES string of the molecule is CSCN(C)C(=O)Oc1ccc2oc(=O)ccc2c1. The number of thioether (sulfide) groups is 1. The van der Waals surface area contributed by atoms with E-state index in [4.69, 9.17) is 9.15 Å². The molecule has 0 N–H and O–H groups in total. The van der Waals surface area contributed by atoms with Gasteiger partial charge in [0.15, 0.2) is 0 Å². The Bertz CT molecular complexity index is 652. The summed E-state index contributed by atoms with van der Waals surface area (Å²) in [7, 11) is 1.67. The van der Waals surface area contributed by atoms with Gasteiger partial charge in [0.05, 0.1) is 5.88 Å². The number of carbonyl (C=O) groups excluding carboxylic acids is 1. The number of carbonyl (C=O) groups is 1. The van der Waals surface area contributed by atoms with E-state index in [1.165, 1.54) is 22.7 Å². The molecule has 0 saturated heterocycles. The lowest BCUT2D eigenvalue weighted by Gasteiger charge is -2.15. The Morgan fingerprint density at radius 1 is 1.37 bits per heavy atom. The minimum absolute atomic E-state index is 0.406. The molecule has 0 unspecified atom stereocenters. The molecule has 1 aromatic heterocycles. The summed E-state index contributed by atoms with van der Waals surface area (Å²) in [5.41, 5.74) is 0.0571. The average molecular weight is 279 g/mol. The van der Waals surface area contributed by atoms with Gasteiger partial charge in [0.25, 0.3) is 0 Å². The molecule has 1 aromatic carbocycles. The third kappa shape index (κ3) is 3.29. The second kappa shape index (κ2) is 5.79. The highest BCUT2D eigenvalue weighted by Gasteiger charge is 2.10. The normalized spacial score (nSPS) is 10.4. The van der Waals surface area contributed by atoms with Crippen LogP contribution in [0, 0.1) is 0 Å². The van der Waals surface area contributed by atoms with Gasteiger partial charge in [0, 0.05) is 18.5 Å². The van der Waals surface area contributed by atoms with Crippen LogP contribution >= 0.6 is 11.8 Å². The first-order chi connectivity index (χ1) is 9.10. The molecule has 0 aliphatic rings. The summed E-state index contributed by atoms with van der Waals surface area (Å²) < 4.78 is 10.2. The summed E-state index contributed by atoms with van der Waals surface area (Å²) in [4.78, 5) is 24.2. The van der Waals surface area contributed by atoms with Crippen molar-refractivity contribution in [3.05, 3.63) is 40.8 Å². The molecule has 0 saturated carbocycles. The number of benzene rings is 1. The smallest absolute Gasteiger partial charge is 0.415 e. The van der Waals surface area contributed by atoms with Gasteiger partial charge in [0.1, 0.15) is 11.3 Å². The van der Waals surface area contributed by atoms with Gasteiger partial charge in [-0.25, -0.2) is 9.59 Å². The fourth-order valence-electron chi connectivity index (χ4n) is 1.54. The molecule has 2 aromatic rings. The van der Waals surface area contributed by atoms with Crippen LogP contribution in [0.3, 0.4) is 0 Å². The zero-order chi connectivity index (χ0) is 13.8. The second-order valence-corrected chi connectivity index (χ2v) is 4.77. The first-order valence-electron chi connectivity index (χ1n) is 5.56. The van der Waals surface area contributed by atoms with E-state index >= 15 is 0 Å². The van der Waals surface area contributed by atoms with Crippen LogP contribution in [0.5, 0.6) is 5.75 Å². The number of amides is 1. The maximum atomic E-state index is 11.7. The summed E-state index contributed by atoms with van der Waals surface area (Å²) in [6.07, 6.45) is 1.48. The Balaban J connectivity index is 2.20. The fourth-order valence-corrected chi connectivity index (χ4v) is 2.03. The van der Waals surface area contributed by atoms with E-state index in [-0.39, 0.29) is 0 Å². The number of ether oxygens (including phenoxy) is 1. The summed E-state index contributed by atoms with van der Waals surface area (Å²) in [5, 5.41) is 0.706. The summed E-state index contributed by atoms with van der Waals surface area (Å²) in [5.74, 6) is 0.973. The lowest BCUT2D eigenvalue weighted by atomic mass is 10.2. The van der Waals surface area contributed by atoms with Crippen molar-refractivity contribution < 1.29 is 13.9 Å². The van der Waals surface area contributed by atoms with Crippen molar-refractivity contribution in [3.63, 3.8) is 0 Å². The average Bonchev–Trinajstić information content (AvgIpc) is 2.39. The van der Waals surface area contributed by atoms with Crippen molar-refractivity contribution in [1.29, 1.82) is 0 Å². The van der Waals surface area contributed by atoms with Crippen molar-refractivity contribution in [2.75, 3.05) is 19.2 Å². The standard InChI is InChI=1S/C13H13NO4S/c1-14(8-19-2)13(16)17-10-4-5-11-9(7-10)3-6-12(15)18-11/h3-7H,8H2,1-2H3. The molecule has 0 bridgehead atoms. The van der Waals surface area contributed by atoms with E-state index in [0.717, 1.165) is 0 Å². The van der Waals surface area contributed by atoms with Gasteiger partial charge < -0.3 is 14.1 Å². The first-order valence-corrected chi connectivity index (χ1v) is 6.95. The molecule has 1 amide bonds. The van der Waals surface area contributed by atoms with Gasteiger partial charge in [-0.15, -0.1) is 11.8 Å². The first kappa shape index (κ1) is 13.5. The van der Waals surface area contributed by atoms with Crippen LogP contribution in [-0.4, -0.2) is 30.2 Å². The van der Waals surface area contributed by atoms with Crippen LogP contribution in [-0.2, 0) is 0 Å². The highest BCUT2D eigenvalue weighted by atomic mass is 32.2. The van der Waals surface area contributed by atoms with E-state index in [1.54, 1.807) is 31.3 Å². The molecule has 2 rings (SSSR count). The van der Waals surface area contributed by atoms with Crippen molar-refractivity contribution in [1.82, 2.24) is 4.90 Å². The minimum atomic E-state index is -0.425. The van der Waals surface area contributed by atoms with Crippen LogP contribution in [0.4, 0.5) is 4.79 Å². The Labute approximate surface area is 114 Å². The zero-order valence-electron chi connectivity index (χ0n) is 10.6. The third-order valence-electron chi connectivity index (χ3n) is 2.43. The maximum absolute atomic E-state index is 11.7. The molecule has 0 fully saturated rings. The minimum Gasteiger partial charge on any atom is -0.423 e. The van der Waals surface area contributed by atoms with Crippen molar-refractivity contribution in [2.45, 2.75) is 0 Å². The Hall–Kier alpha value is -1.95. The van der Waals surface area contributed by atoms with Crippen LogP contribution < -0.4 is 10.4 Å². The van der Waals surface area contributed by atoms with E-state index in [1.807, 2.05) is 6.26 Å². The molecule has 100 valence electrons. The summed E-state index contributed by atoms with van der Waals surface area (Å²) >= 11 is 1.53. The highest BCUT2D eigenvalue weighted by Crippen LogP contribution is 2.20. The third-order valence-corrected chi connectivity index (χ3v) is 3.08. The van der Waals surface area contributed by atoms with Gasteiger partial charge >= 0.3 is 11.7 Å². The molecule has 6 heteroatoms. The van der Waals surface area contributed by atoms with E-state index in [2.05, 4.69) is 0 Å². The maximum Gasteiger partial charge on any atom is 0.415 e. The topological polar surface area (TPSA) is 59.8 Å². The Kier molecular flexibility index (Phi) is 4.11. The van der Waals surface area contributed by atoms with Crippen molar-refractivity contribution in [3.8, 4) is 5.75 Å². The number of hydrogen-bond donors (Lipinski definition) is 0. The molecule has 0 radical (unpaired) electrons. The zero-order valence-corrected chi connectivity index (χ0v) is 11.4. The molecule has 19 heavy (non-hydrogen) atoms.